The van der Waals surface area contributed by atoms with Crippen LogP contribution in [0.15, 0.2) is 12.2 Å². The van der Waals surface area contributed by atoms with Crippen LogP contribution in [0.5, 0.6) is 0 Å². The molecule has 5 nitrogen and oxygen atoms in total. The lowest BCUT2D eigenvalue weighted by Crippen LogP contribution is -2.39. The molecule has 2 rings (SSSR count). The highest BCUT2D eigenvalue weighted by Gasteiger charge is 2.25. The van der Waals surface area contributed by atoms with Crippen molar-refractivity contribution in [2.75, 3.05) is 19.6 Å². The summed E-state index contributed by atoms with van der Waals surface area (Å²) in [6, 6.07) is 0. The Hall–Kier alpha value is -1.65. The largest absolute Gasteiger partial charge is 0.343 e. The van der Waals surface area contributed by atoms with Crippen LogP contribution in [0.3, 0.4) is 0 Å². The molecule has 0 N–H and O–H groups in total. The Morgan fingerprint density at radius 1 is 1.06 bits per heavy atom. The molecule has 2 aliphatic heterocycles. The van der Waals surface area contributed by atoms with Crippen LogP contribution in [0.25, 0.3) is 0 Å². The number of nitrogens with zero attached hydrogens (tertiary/aromatic N) is 2. The van der Waals surface area contributed by atoms with Crippen LogP contribution < -0.4 is 0 Å². The molecule has 0 spiro atoms. The molecule has 0 aromatic rings. The van der Waals surface area contributed by atoms with E-state index in [0.717, 1.165) is 30.8 Å². The van der Waals surface area contributed by atoms with Crippen LogP contribution in [0.1, 0.15) is 25.7 Å². The first-order valence-corrected chi connectivity index (χ1v) is 6.00. The van der Waals surface area contributed by atoms with Crippen molar-refractivity contribution in [3.63, 3.8) is 0 Å². The van der Waals surface area contributed by atoms with Crippen molar-refractivity contribution in [1.82, 2.24) is 9.80 Å². The maximum Gasteiger partial charge on any atom is 0.253 e. The van der Waals surface area contributed by atoms with Crippen molar-refractivity contribution in [2.24, 2.45) is 0 Å². The lowest BCUT2D eigenvalue weighted by molar-refractivity contribution is -0.138. The molecule has 0 aromatic carbocycles. The molecule has 0 atom stereocenters. The molecule has 17 heavy (non-hydrogen) atoms. The first-order valence-electron chi connectivity index (χ1n) is 6.00. The van der Waals surface area contributed by atoms with Gasteiger partial charge in [-0.3, -0.25) is 19.3 Å². The van der Waals surface area contributed by atoms with Crippen molar-refractivity contribution < 1.29 is 14.4 Å². The average molecular weight is 236 g/mol. The topological polar surface area (TPSA) is 57.7 Å². The van der Waals surface area contributed by atoms with E-state index in [1.807, 2.05) is 4.90 Å². The van der Waals surface area contributed by atoms with Crippen LogP contribution >= 0.6 is 0 Å². The highest BCUT2D eigenvalue weighted by molar-refractivity contribution is 6.13. The second kappa shape index (κ2) is 5.12. The maximum absolute atomic E-state index is 11.8. The van der Waals surface area contributed by atoms with Crippen molar-refractivity contribution in [1.29, 1.82) is 0 Å². The van der Waals surface area contributed by atoms with Crippen LogP contribution in [-0.4, -0.2) is 47.2 Å². The minimum Gasteiger partial charge on any atom is -0.343 e. The van der Waals surface area contributed by atoms with E-state index in [4.69, 9.17) is 0 Å². The number of carbonyl (C=O) groups excluding carboxylic acids is 3. The van der Waals surface area contributed by atoms with Gasteiger partial charge in [-0.15, -0.1) is 0 Å². The fourth-order valence-electron chi connectivity index (χ4n) is 2.16. The molecule has 2 aliphatic rings. The summed E-state index contributed by atoms with van der Waals surface area (Å²) in [6.45, 7) is 1.80. The van der Waals surface area contributed by atoms with Gasteiger partial charge < -0.3 is 4.90 Å². The van der Waals surface area contributed by atoms with Gasteiger partial charge in [0.05, 0.1) is 0 Å². The van der Waals surface area contributed by atoms with Crippen molar-refractivity contribution in [3.05, 3.63) is 12.2 Å². The fourth-order valence-corrected chi connectivity index (χ4v) is 2.16. The van der Waals surface area contributed by atoms with E-state index in [9.17, 15) is 14.4 Å². The normalized spacial score (nSPS) is 20.2. The molecule has 0 unspecified atom stereocenters. The monoisotopic (exact) mass is 236 g/mol. The average Bonchev–Trinajstić information content (AvgIpc) is 2.67. The van der Waals surface area contributed by atoms with Gasteiger partial charge in [0.1, 0.15) is 0 Å². The number of hydrogen-bond acceptors (Lipinski definition) is 3. The summed E-state index contributed by atoms with van der Waals surface area (Å²) in [5.41, 5.74) is 0. The van der Waals surface area contributed by atoms with Gasteiger partial charge >= 0.3 is 0 Å². The molecule has 0 saturated carbocycles. The number of rotatable bonds is 3. The Balaban J connectivity index is 1.79. The van der Waals surface area contributed by atoms with Crippen LogP contribution in [0.2, 0.25) is 0 Å². The summed E-state index contributed by atoms with van der Waals surface area (Å²) in [5.74, 6) is -0.597. The third kappa shape index (κ3) is 2.72. The van der Waals surface area contributed by atoms with E-state index >= 15 is 0 Å². The number of piperidine rings is 1. The molecule has 0 aliphatic carbocycles. The summed E-state index contributed by atoms with van der Waals surface area (Å²) >= 11 is 0. The summed E-state index contributed by atoms with van der Waals surface area (Å²) in [7, 11) is 0. The zero-order chi connectivity index (χ0) is 12.3. The van der Waals surface area contributed by atoms with E-state index in [1.54, 1.807) is 0 Å². The van der Waals surface area contributed by atoms with Gasteiger partial charge in [0.2, 0.25) is 5.91 Å². The Kier molecular flexibility index (Phi) is 3.56. The number of likely N-dealkylation sites (tertiary alicyclic amines) is 1. The lowest BCUT2D eigenvalue weighted by Gasteiger charge is -2.27. The first kappa shape index (κ1) is 11.8. The molecule has 2 heterocycles. The molecule has 92 valence electrons. The Labute approximate surface area is 100 Å². The molecular formula is C12H16N2O3. The van der Waals surface area contributed by atoms with Crippen LogP contribution in [-0.2, 0) is 14.4 Å². The van der Waals surface area contributed by atoms with Crippen LogP contribution in [0, 0.1) is 0 Å². The Morgan fingerprint density at radius 3 is 2.24 bits per heavy atom. The first-order chi connectivity index (χ1) is 8.18. The van der Waals surface area contributed by atoms with E-state index in [0.29, 0.717) is 0 Å². The minimum absolute atomic E-state index is 0.0391. The molecule has 5 heteroatoms. The summed E-state index contributed by atoms with van der Waals surface area (Å²) < 4.78 is 0. The van der Waals surface area contributed by atoms with Gasteiger partial charge in [-0.1, -0.05) is 0 Å². The smallest absolute Gasteiger partial charge is 0.253 e. The van der Waals surface area contributed by atoms with Gasteiger partial charge in [0.25, 0.3) is 11.8 Å². The number of carbonyl (C=O) groups is 3. The van der Waals surface area contributed by atoms with Gasteiger partial charge in [0.15, 0.2) is 0 Å². The van der Waals surface area contributed by atoms with E-state index in [1.165, 1.54) is 18.6 Å². The van der Waals surface area contributed by atoms with E-state index in [-0.39, 0.29) is 30.7 Å². The number of amides is 3. The standard InChI is InChI=1S/C12H16N2O3/c15-10(13-7-2-1-3-8-13)6-9-14-11(16)4-5-12(14)17/h4-5H,1-3,6-9H2. The number of hydrogen-bond donors (Lipinski definition) is 0. The lowest BCUT2D eigenvalue weighted by atomic mass is 10.1. The highest BCUT2D eigenvalue weighted by Crippen LogP contribution is 2.11. The number of imide groups is 1. The highest BCUT2D eigenvalue weighted by atomic mass is 16.2. The van der Waals surface area contributed by atoms with E-state index < -0.39 is 0 Å². The quantitative estimate of drug-likeness (QED) is 0.663. The Morgan fingerprint density at radius 2 is 1.65 bits per heavy atom. The van der Waals surface area contributed by atoms with Gasteiger partial charge in [-0.25, -0.2) is 0 Å². The minimum atomic E-state index is -0.318. The second-order valence-corrected chi connectivity index (χ2v) is 4.35. The predicted octanol–water partition coefficient (Wildman–Crippen LogP) is 0.314. The van der Waals surface area contributed by atoms with Crippen molar-refractivity contribution >= 4 is 17.7 Å². The van der Waals surface area contributed by atoms with Gasteiger partial charge in [0, 0.05) is 38.2 Å². The molecule has 1 saturated heterocycles. The maximum atomic E-state index is 11.8. The molecular weight excluding hydrogens is 220 g/mol. The van der Waals surface area contributed by atoms with Crippen LogP contribution in [0.4, 0.5) is 0 Å². The zero-order valence-corrected chi connectivity index (χ0v) is 9.72. The Bertz CT molecular complexity index is 352. The van der Waals surface area contributed by atoms with Crippen molar-refractivity contribution in [2.45, 2.75) is 25.7 Å². The third-order valence-corrected chi connectivity index (χ3v) is 3.16. The molecule has 1 fully saturated rings. The molecule has 0 bridgehead atoms. The second-order valence-electron chi connectivity index (χ2n) is 4.35. The summed E-state index contributed by atoms with van der Waals surface area (Å²) in [4.78, 5) is 37.3. The van der Waals surface area contributed by atoms with Gasteiger partial charge in [-0.2, -0.15) is 0 Å². The molecule has 0 aromatic heterocycles. The summed E-state index contributed by atoms with van der Waals surface area (Å²) in [5, 5.41) is 0. The third-order valence-electron chi connectivity index (χ3n) is 3.16. The summed E-state index contributed by atoms with van der Waals surface area (Å²) in [6.07, 6.45) is 6.00. The SMILES string of the molecule is O=C(CCN1C(=O)C=CC1=O)N1CCCCC1. The van der Waals surface area contributed by atoms with E-state index in [2.05, 4.69) is 0 Å². The van der Waals surface area contributed by atoms with Gasteiger partial charge in [-0.05, 0) is 19.3 Å². The van der Waals surface area contributed by atoms with Crippen molar-refractivity contribution in [3.8, 4) is 0 Å². The zero-order valence-electron chi connectivity index (χ0n) is 9.72. The molecule has 3 amide bonds. The fraction of sp³-hybridized carbons (Fsp3) is 0.583. The predicted molar refractivity (Wildman–Crippen MR) is 60.9 cm³/mol. The molecule has 0 radical (unpaired) electrons.